The van der Waals surface area contributed by atoms with Crippen molar-refractivity contribution in [3.63, 3.8) is 0 Å². The Balaban J connectivity index is 1.57. The van der Waals surface area contributed by atoms with Gasteiger partial charge in [-0.2, -0.15) is 0 Å². The van der Waals surface area contributed by atoms with Crippen LogP contribution in [0, 0.1) is 6.92 Å². The van der Waals surface area contributed by atoms with Gasteiger partial charge in [-0.1, -0.05) is 54.3 Å². The fourth-order valence-corrected chi connectivity index (χ4v) is 5.13. The standard InChI is InChI=1S/C24H26N2O2S/c1-18-9-10-22-23(17-18)29-24(26(22)14-16-28)8-4-5-19-11-12-25(13-15-27)21-7-3-2-6-20(19)21/h2-12,17,24,27-28H,13-16H2,1H3. The minimum absolute atomic E-state index is 0.122. The van der Waals surface area contributed by atoms with Crippen LogP contribution in [-0.2, 0) is 0 Å². The van der Waals surface area contributed by atoms with Crippen molar-refractivity contribution in [2.75, 3.05) is 36.1 Å². The van der Waals surface area contributed by atoms with E-state index < -0.39 is 0 Å². The molecule has 2 heterocycles. The van der Waals surface area contributed by atoms with Gasteiger partial charge in [0.1, 0.15) is 0 Å². The number of aryl methyl sites for hydroxylation is 1. The highest BCUT2D eigenvalue weighted by molar-refractivity contribution is 8.00. The number of thioether (sulfide) groups is 1. The third kappa shape index (κ3) is 4.13. The van der Waals surface area contributed by atoms with E-state index in [9.17, 15) is 10.2 Å². The van der Waals surface area contributed by atoms with E-state index in [1.54, 1.807) is 0 Å². The number of β-amino-alcohol motifs (C(OH)–C–C–N with tert-alkyl or cyclic N) is 2. The van der Waals surface area contributed by atoms with E-state index in [1.807, 2.05) is 30.1 Å². The van der Waals surface area contributed by atoms with Crippen molar-refractivity contribution in [1.29, 1.82) is 0 Å². The van der Waals surface area contributed by atoms with Crippen LogP contribution in [0.4, 0.5) is 11.4 Å². The second kappa shape index (κ2) is 8.91. The summed E-state index contributed by atoms with van der Waals surface area (Å²) in [6, 6.07) is 14.8. The van der Waals surface area contributed by atoms with Crippen molar-refractivity contribution >= 4 is 28.7 Å². The van der Waals surface area contributed by atoms with E-state index >= 15 is 0 Å². The number of benzene rings is 2. The van der Waals surface area contributed by atoms with Crippen LogP contribution in [0.25, 0.3) is 5.57 Å². The van der Waals surface area contributed by atoms with E-state index in [1.165, 1.54) is 21.7 Å². The van der Waals surface area contributed by atoms with Crippen LogP contribution in [0.5, 0.6) is 0 Å². The fraction of sp³-hybridized carbons (Fsp3) is 0.250. The molecule has 4 rings (SSSR count). The summed E-state index contributed by atoms with van der Waals surface area (Å²) in [5.41, 5.74) is 5.88. The van der Waals surface area contributed by atoms with Gasteiger partial charge in [-0.3, -0.25) is 0 Å². The zero-order valence-corrected chi connectivity index (χ0v) is 17.3. The molecule has 0 saturated heterocycles. The summed E-state index contributed by atoms with van der Waals surface area (Å²) in [6.07, 6.45) is 10.6. The normalized spacial score (nSPS) is 19.3. The Kier molecular flexibility index (Phi) is 6.09. The van der Waals surface area contributed by atoms with Crippen molar-refractivity contribution in [1.82, 2.24) is 0 Å². The van der Waals surface area contributed by atoms with Gasteiger partial charge in [0.15, 0.2) is 0 Å². The summed E-state index contributed by atoms with van der Waals surface area (Å²) >= 11 is 1.82. The monoisotopic (exact) mass is 406 g/mol. The smallest absolute Gasteiger partial charge is 0.0986 e. The third-order valence-electron chi connectivity index (χ3n) is 5.17. The molecule has 2 aromatic rings. The Labute approximate surface area is 176 Å². The molecule has 2 aliphatic rings. The molecule has 2 aliphatic heterocycles. The van der Waals surface area contributed by atoms with Crippen LogP contribution < -0.4 is 9.80 Å². The number of allylic oxidation sites excluding steroid dienone is 4. The quantitative estimate of drug-likeness (QED) is 0.753. The summed E-state index contributed by atoms with van der Waals surface area (Å²) in [4.78, 5) is 5.59. The predicted octanol–water partition coefficient (Wildman–Crippen LogP) is 4.19. The van der Waals surface area contributed by atoms with E-state index in [2.05, 4.69) is 71.4 Å². The maximum absolute atomic E-state index is 9.51. The average Bonchev–Trinajstić information content (AvgIpc) is 3.06. The predicted molar refractivity (Wildman–Crippen MR) is 122 cm³/mol. The lowest BCUT2D eigenvalue weighted by Crippen LogP contribution is -2.30. The summed E-state index contributed by atoms with van der Waals surface area (Å²) < 4.78 is 0. The molecule has 0 bridgehead atoms. The maximum atomic E-state index is 9.51. The molecule has 1 atom stereocenters. The highest BCUT2D eigenvalue weighted by atomic mass is 32.2. The van der Waals surface area contributed by atoms with Gasteiger partial charge >= 0.3 is 0 Å². The molecule has 0 aliphatic carbocycles. The van der Waals surface area contributed by atoms with Gasteiger partial charge in [-0.25, -0.2) is 0 Å². The third-order valence-corrected chi connectivity index (χ3v) is 6.41. The zero-order chi connectivity index (χ0) is 20.2. The van der Waals surface area contributed by atoms with Gasteiger partial charge in [-0.05, 0) is 42.3 Å². The van der Waals surface area contributed by atoms with E-state index in [0.29, 0.717) is 13.1 Å². The lowest BCUT2D eigenvalue weighted by Gasteiger charge is -2.27. The number of hydrogen-bond donors (Lipinski definition) is 2. The van der Waals surface area contributed by atoms with Crippen LogP contribution in [0.15, 0.2) is 77.9 Å². The van der Waals surface area contributed by atoms with E-state index in [4.69, 9.17) is 0 Å². The summed E-state index contributed by atoms with van der Waals surface area (Å²) in [6.45, 7) is 3.57. The minimum Gasteiger partial charge on any atom is -0.395 e. The Morgan fingerprint density at radius 1 is 1.03 bits per heavy atom. The first-order chi connectivity index (χ1) is 14.2. The molecule has 0 saturated carbocycles. The average molecular weight is 407 g/mol. The molecule has 2 N–H and O–H groups in total. The molecular formula is C24H26N2O2S. The van der Waals surface area contributed by atoms with Crippen LogP contribution >= 0.6 is 11.8 Å². The lowest BCUT2D eigenvalue weighted by molar-refractivity contribution is 0.302. The van der Waals surface area contributed by atoms with E-state index in [0.717, 1.165) is 11.3 Å². The van der Waals surface area contributed by atoms with Crippen molar-refractivity contribution in [3.8, 4) is 0 Å². The molecule has 4 nitrogen and oxygen atoms in total. The van der Waals surface area contributed by atoms with Crippen molar-refractivity contribution < 1.29 is 10.2 Å². The highest BCUT2D eigenvalue weighted by Crippen LogP contribution is 2.44. The largest absolute Gasteiger partial charge is 0.395 e. The summed E-state index contributed by atoms with van der Waals surface area (Å²) in [5, 5.41) is 19.0. The second-order valence-electron chi connectivity index (χ2n) is 7.15. The number of aliphatic hydroxyl groups is 2. The molecule has 29 heavy (non-hydrogen) atoms. The van der Waals surface area contributed by atoms with Crippen LogP contribution in [-0.4, -0.2) is 41.9 Å². The molecule has 2 aromatic carbocycles. The Morgan fingerprint density at radius 3 is 2.69 bits per heavy atom. The molecule has 0 fully saturated rings. The Morgan fingerprint density at radius 2 is 1.86 bits per heavy atom. The molecule has 150 valence electrons. The van der Waals surface area contributed by atoms with Crippen molar-refractivity contribution in [2.45, 2.75) is 17.2 Å². The number of hydrogen-bond acceptors (Lipinski definition) is 5. The van der Waals surface area contributed by atoms with Crippen LogP contribution in [0.1, 0.15) is 11.1 Å². The number of rotatable bonds is 6. The molecule has 0 spiro atoms. The fourth-order valence-electron chi connectivity index (χ4n) is 3.79. The molecule has 5 heteroatoms. The summed E-state index contributed by atoms with van der Waals surface area (Å²) in [7, 11) is 0. The molecular weight excluding hydrogens is 380 g/mol. The molecule has 0 radical (unpaired) electrons. The second-order valence-corrected chi connectivity index (χ2v) is 8.31. The highest BCUT2D eigenvalue weighted by Gasteiger charge is 2.27. The van der Waals surface area contributed by atoms with Crippen LogP contribution in [0.2, 0.25) is 0 Å². The number of para-hydroxylation sites is 1. The minimum atomic E-state index is 0.122. The Bertz CT molecular complexity index is 967. The van der Waals surface area contributed by atoms with Gasteiger partial charge < -0.3 is 20.0 Å². The molecule has 0 aromatic heterocycles. The zero-order valence-electron chi connectivity index (χ0n) is 16.5. The number of aliphatic hydroxyl groups excluding tert-OH is 2. The van der Waals surface area contributed by atoms with Crippen molar-refractivity contribution in [2.24, 2.45) is 0 Å². The number of fused-ring (bicyclic) bond motifs is 2. The molecule has 1 unspecified atom stereocenters. The molecule has 0 amide bonds. The van der Waals surface area contributed by atoms with Gasteiger partial charge in [0.25, 0.3) is 0 Å². The number of anilines is 2. The van der Waals surface area contributed by atoms with Gasteiger partial charge in [-0.15, -0.1) is 0 Å². The SMILES string of the molecule is Cc1ccc2c(c1)SC(C=CC=C1C=CN(CCO)c3ccccc31)N2CCO. The Hall–Kier alpha value is -2.47. The van der Waals surface area contributed by atoms with Crippen LogP contribution in [0.3, 0.4) is 0 Å². The van der Waals surface area contributed by atoms with Crippen molar-refractivity contribution in [3.05, 3.63) is 84.1 Å². The number of nitrogens with zero attached hydrogens (tertiary/aromatic N) is 2. The first-order valence-electron chi connectivity index (χ1n) is 9.89. The van der Waals surface area contributed by atoms with Gasteiger partial charge in [0.2, 0.25) is 0 Å². The van der Waals surface area contributed by atoms with E-state index in [-0.39, 0.29) is 18.6 Å². The first kappa shape index (κ1) is 19.8. The first-order valence-corrected chi connectivity index (χ1v) is 10.8. The summed E-state index contributed by atoms with van der Waals surface area (Å²) in [5.74, 6) is 0. The topological polar surface area (TPSA) is 46.9 Å². The lowest BCUT2D eigenvalue weighted by atomic mass is 9.99. The maximum Gasteiger partial charge on any atom is 0.0986 e. The van der Waals surface area contributed by atoms with Gasteiger partial charge in [0, 0.05) is 35.4 Å². The van der Waals surface area contributed by atoms with Gasteiger partial charge in [0.05, 0.1) is 24.3 Å².